The fraction of sp³-hybridized carbons (Fsp3) is 0.857. The maximum Gasteiger partial charge on any atom is 0.108 e. The van der Waals surface area contributed by atoms with Crippen molar-refractivity contribution in [1.29, 1.82) is 0 Å². The third kappa shape index (κ3) is 5.08. The van der Waals surface area contributed by atoms with Crippen molar-refractivity contribution in [2.45, 2.75) is 38.2 Å². The molecule has 3 heteroatoms. The molecule has 96 valence electrons. The van der Waals surface area contributed by atoms with E-state index in [-0.39, 0.29) is 0 Å². The highest BCUT2D eigenvalue weighted by Gasteiger charge is 2.12. The monoisotopic (exact) mass is 236 g/mol. The standard InChI is InChI=1S/C14H24N2O/c1-2-10-16(11-3-1)12-4-5-13-17-14-6-8-15-9-7-14/h14-15H,1-3,6-13H2. The average molecular weight is 236 g/mol. The lowest BCUT2D eigenvalue weighted by molar-refractivity contribution is 0.0547. The van der Waals surface area contributed by atoms with Crippen LogP contribution in [0.3, 0.4) is 0 Å². The van der Waals surface area contributed by atoms with Gasteiger partial charge in [-0.25, -0.2) is 0 Å². The summed E-state index contributed by atoms with van der Waals surface area (Å²) in [6.07, 6.45) is 6.77. The molecule has 1 N–H and O–H groups in total. The predicted molar refractivity (Wildman–Crippen MR) is 69.9 cm³/mol. The first kappa shape index (κ1) is 12.9. The van der Waals surface area contributed by atoms with Crippen LogP contribution < -0.4 is 5.32 Å². The quantitative estimate of drug-likeness (QED) is 0.746. The second-order valence-corrected chi connectivity index (χ2v) is 4.95. The molecule has 3 nitrogen and oxygen atoms in total. The Kier molecular flexibility index (Phi) is 5.84. The Labute approximate surface area is 105 Å². The van der Waals surface area contributed by atoms with E-state index in [1.54, 1.807) is 0 Å². The summed E-state index contributed by atoms with van der Waals surface area (Å²) in [5, 5.41) is 3.34. The number of rotatable bonds is 3. The van der Waals surface area contributed by atoms with Gasteiger partial charge in [0.05, 0.1) is 12.6 Å². The van der Waals surface area contributed by atoms with Crippen molar-refractivity contribution in [3.8, 4) is 11.8 Å². The minimum Gasteiger partial charge on any atom is -0.365 e. The number of ether oxygens (including phenoxy) is 1. The molecule has 0 aromatic carbocycles. The third-order valence-corrected chi connectivity index (χ3v) is 3.55. The van der Waals surface area contributed by atoms with E-state index >= 15 is 0 Å². The SMILES string of the molecule is C(#CCN1CCCCC1)COC1CCNCC1. The fourth-order valence-corrected chi connectivity index (χ4v) is 2.46. The van der Waals surface area contributed by atoms with E-state index in [0.29, 0.717) is 12.7 Å². The summed E-state index contributed by atoms with van der Waals surface area (Å²) in [5.74, 6) is 6.38. The molecule has 0 bridgehead atoms. The lowest BCUT2D eigenvalue weighted by Gasteiger charge is -2.24. The van der Waals surface area contributed by atoms with Crippen molar-refractivity contribution in [3.63, 3.8) is 0 Å². The van der Waals surface area contributed by atoms with Crippen molar-refractivity contribution in [1.82, 2.24) is 10.2 Å². The van der Waals surface area contributed by atoms with E-state index in [9.17, 15) is 0 Å². The highest BCUT2D eigenvalue weighted by molar-refractivity contribution is 5.01. The molecule has 17 heavy (non-hydrogen) atoms. The van der Waals surface area contributed by atoms with Gasteiger partial charge in [-0.05, 0) is 51.9 Å². The van der Waals surface area contributed by atoms with Crippen LogP contribution >= 0.6 is 0 Å². The van der Waals surface area contributed by atoms with Gasteiger partial charge in [-0.3, -0.25) is 4.90 Å². The van der Waals surface area contributed by atoms with Crippen LogP contribution in [0.1, 0.15) is 32.1 Å². The van der Waals surface area contributed by atoms with E-state index in [1.165, 1.54) is 32.4 Å². The first-order valence-corrected chi connectivity index (χ1v) is 6.95. The third-order valence-electron chi connectivity index (χ3n) is 3.55. The highest BCUT2D eigenvalue weighted by atomic mass is 16.5. The Bertz CT molecular complexity index is 257. The molecule has 2 aliphatic heterocycles. The zero-order valence-corrected chi connectivity index (χ0v) is 10.7. The van der Waals surface area contributed by atoms with Crippen molar-refractivity contribution in [2.24, 2.45) is 0 Å². The topological polar surface area (TPSA) is 24.5 Å². The fourth-order valence-electron chi connectivity index (χ4n) is 2.46. The molecular formula is C14H24N2O. The smallest absolute Gasteiger partial charge is 0.108 e. The second kappa shape index (κ2) is 7.71. The summed E-state index contributed by atoms with van der Waals surface area (Å²) in [6.45, 7) is 6.17. The van der Waals surface area contributed by atoms with Gasteiger partial charge in [-0.2, -0.15) is 0 Å². The summed E-state index contributed by atoms with van der Waals surface area (Å²) in [7, 11) is 0. The van der Waals surface area contributed by atoms with E-state index in [1.807, 2.05) is 0 Å². The minimum absolute atomic E-state index is 0.431. The first-order valence-electron chi connectivity index (χ1n) is 6.95. The van der Waals surface area contributed by atoms with Crippen LogP contribution in [0, 0.1) is 11.8 Å². The second-order valence-electron chi connectivity index (χ2n) is 4.95. The molecule has 2 heterocycles. The van der Waals surface area contributed by atoms with Gasteiger partial charge < -0.3 is 10.1 Å². The van der Waals surface area contributed by atoms with Gasteiger partial charge in [-0.15, -0.1) is 0 Å². The maximum atomic E-state index is 5.74. The van der Waals surface area contributed by atoms with Crippen molar-refractivity contribution in [2.75, 3.05) is 39.3 Å². The molecule has 0 aromatic heterocycles. The summed E-state index contributed by atoms with van der Waals surface area (Å²) in [5.41, 5.74) is 0. The largest absolute Gasteiger partial charge is 0.365 e. The van der Waals surface area contributed by atoms with Crippen molar-refractivity contribution in [3.05, 3.63) is 0 Å². The number of piperidine rings is 2. The summed E-state index contributed by atoms with van der Waals surface area (Å²) in [4.78, 5) is 2.45. The van der Waals surface area contributed by atoms with Crippen molar-refractivity contribution < 1.29 is 4.74 Å². The Hall–Kier alpha value is -0.560. The van der Waals surface area contributed by atoms with Gasteiger partial charge in [0.1, 0.15) is 6.61 Å². The number of likely N-dealkylation sites (tertiary alicyclic amines) is 1. The molecule has 2 fully saturated rings. The van der Waals surface area contributed by atoms with E-state index in [0.717, 1.165) is 32.5 Å². The van der Waals surface area contributed by atoms with Crippen LogP contribution in [0.2, 0.25) is 0 Å². The van der Waals surface area contributed by atoms with Crippen LogP contribution in [0.5, 0.6) is 0 Å². The van der Waals surface area contributed by atoms with Gasteiger partial charge in [-0.1, -0.05) is 18.3 Å². The van der Waals surface area contributed by atoms with Crippen LogP contribution in [0.15, 0.2) is 0 Å². The molecule has 0 unspecified atom stereocenters. The molecule has 2 saturated heterocycles. The zero-order chi connectivity index (χ0) is 11.8. The zero-order valence-electron chi connectivity index (χ0n) is 10.7. The molecule has 0 amide bonds. The molecule has 0 aromatic rings. The molecular weight excluding hydrogens is 212 g/mol. The predicted octanol–water partition coefficient (Wildman–Crippen LogP) is 1.24. The summed E-state index contributed by atoms with van der Waals surface area (Å²) >= 11 is 0. The lowest BCUT2D eigenvalue weighted by atomic mass is 10.1. The van der Waals surface area contributed by atoms with Crippen LogP contribution in [0.4, 0.5) is 0 Å². The first-order chi connectivity index (χ1) is 8.45. The lowest BCUT2D eigenvalue weighted by Crippen LogP contribution is -2.32. The van der Waals surface area contributed by atoms with E-state index in [2.05, 4.69) is 22.1 Å². The van der Waals surface area contributed by atoms with Gasteiger partial charge in [0.15, 0.2) is 0 Å². The van der Waals surface area contributed by atoms with Gasteiger partial charge >= 0.3 is 0 Å². The Morgan fingerprint density at radius 3 is 2.59 bits per heavy atom. The van der Waals surface area contributed by atoms with Gasteiger partial charge in [0, 0.05) is 0 Å². The number of nitrogens with one attached hydrogen (secondary N) is 1. The molecule has 0 saturated carbocycles. The molecule has 2 rings (SSSR count). The van der Waals surface area contributed by atoms with E-state index in [4.69, 9.17) is 4.74 Å². The Morgan fingerprint density at radius 2 is 1.82 bits per heavy atom. The van der Waals surface area contributed by atoms with Crippen LogP contribution in [0.25, 0.3) is 0 Å². The Balaban J connectivity index is 1.54. The van der Waals surface area contributed by atoms with Crippen molar-refractivity contribution >= 4 is 0 Å². The Morgan fingerprint density at radius 1 is 1.06 bits per heavy atom. The minimum atomic E-state index is 0.431. The van der Waals surface area contributed by atoms with Gasteiger partial charge in [0.25, 0.3) is 0 Å². The van der Waals surface area contributed by atoms with E-state index < -0.39 is 0 Å². The molecule has 0 aliphatic carbocycles. The summed E-state index contributed by atoms with van der Waals surface area (Å²) in [6, 6.07) is 0. The maximum absolute atomic E-state index is 5.74. The average Bonchev–Trinajstić information content (AvgIpc) is 2.41. The van der Waals surface area contributed by atoms with Gasteiger partial charge in [0.2, 0.25) is 0 Å². The normalized spacial score (nSPS) is 23.1. The number of hydrogen-bond donors (Lipinski definition) is 1. The highest BCUT2D eigenvalue weighted by Crippen LogP contribution is 2.07. The molecule has 2 aliphatic rings. The number of nitrogens with zero attached hydrogens (tertiary/aromatic N) is 1. The number of hydrogen-bond acceptors (Lipinski definition) is 3. The van der Waals surface area contributed by atoms with Crippen LogP contribution in [-0.4, -0.2) is 50.3 Å². The summed E-state index contributed by atoms with van der Waals surface area (Å²) < 4.78 is 5.74. The molecule has 0 spiro atoms. The molecule has 0 atom stereocenters. The van der Waals surface area contributed by atoms with Crippen LogP contribution in [-0.2, 0) is 4.74 Å². The molecule has 0 radical (unpaired) electrons.